The van der Waals surface area contributed by atoms with E-state index in [1.54, 1.807) is 99.1 Å². The third-order valence-electron chi connectivity index (χ3n) is 9.65. The summed E-state index contributed by atoms with van der Waals surface area (Å²) < 4.78 is 85.1. The predicted molar refractivity (Wildman–Crippen MR) is 211 cm³/mol. The van der Waals surface area contributed by atoms with E-state index in [0.717, 1.165) is 11.1 Å². The molecule has 0 atom stereocenters. The lowest BCUT2D eigenvalue weighted by Gasteiger charge is -2.24. The Hall–Kier alpha value is -5.83. The van der Waals surface area contributed by atoms with Crippen LogP contribution in [0.5, 0.6) is 23.0 Å². The largest absolute Gasteiger partial charge is 0.497 e. The molecule has 0 bridgehead atoms. The monoisotopic (exact) mass is 780 g/mol. The second-order valence-corrected chi connectivity index (χ2v) is 16.7. The highest BCUT2D eigenvalue weighted by molar-refractivity contribution is 7.90. The summed E-state index contributed by atoms with van der Waals surface area (Å²) in [6, 6.07) is 27.1. The summed E-state index contributed by atoms with van der Waals surface area (Å²) in [6.45, 7) is 1.70. The van der Waals surface area contributed by atoms with Crippen molar-refractivity contribution >= 4 is 42.0 Å². The van der Waals surface area contributed by atoms with Gasteiger partial charge in [-0.05, 0) is 61.0 Å². The smallest absolute Gasteiger partial charge is 0.269 e. The van der Waals surface area contributed by atoms with Crippen LogP contribution in [0.25, 0.3) is 33.2 Å². The average molecular weight is 781 g/mol. The van der Waals surface area contributed by atoms with Gasteiger partial charge in [-0.15, -0.1) is 0 Å². The zero-order valence-corrected chi connectivity index (χ0v) is 32.8. The second kappa shape index (κ2) is 14.8. The fourth-order valence-corrected chi connectivity index (χ4v) is 9.65. The van der Waals surface area contributed by atoms with E-state index >= 15 is 0 Å². The first-order valence-electron chi connectivity index (χ1n) is 17.2. The van der Waals surface area contributed by atoms with Gasteiger partial charge < -0.3 is 23.5 Å². The van der Waals surface area contributed by atoms with Gasteiger partial charge in [0.2, 0.25) is 10.0 Å². The lowest BCUT2D eigenvalue weighted by atomic mass is 10.1. The summed E-state index contributed by atoms with van der Waals surface area (Å²) in [7, 11) is -0.351. The van der Waals surface area contributed by atoms with E-state index in [2.05, 4.69) is 4.98 Å². The highest BCUT2D eigenvalue weighted by Gasteiger charge is 2.31. The Labute approximate surface area is 320 Å². The topological polar surface area (TPSA) is 131 Å². The molecule has 0 saturated carbocycles. The van der Waals surface area contributed by atoms with Gasteiger partial charge in [0.15, 0.2) is 17.1 Å². The summed E-state index contributed by atoms with van der Waals surface area (Å²) in [5.41, 5.74) is 3.89. The second-order valence-electron chi connectivity index (χ2n) is 13.0. The molecule has 0 N–H and O–H groups in total. The molecule has 12 nitrogen and oxygen atoms in total. The van der Waals surface area contributed by atoms with E-state index in [1.807, 2.05) is 36.9 Å². The molecule has 0 spiro atoms. The highest BCUT2D eigenvalue weighted by atomic mass is 32.2. The van der Waals surface area contributed by atoms with Gasteiger partial charge in [-0.3, -0.25) is 0 Å². The van der Waals surface area contributed by atoms with Crippen LogP contribution in [0.4, 0.5) is 0 Å². The third-order valence-corrected chi connectivity index (χ3v) is 13.2. The van der Waals surface area contributed by atoms with Crippen molar-refractivity contribution < 1.29 is 35.8 Å². The number of pyridine rings is 1. The van der Waals surface area contributed by atoms with Crippen molar-refractivity contribution in [1.29, 1.82) is 0 Å². The van der Waals surface area contributed by atoms with Gasteiger partial charge in [0.1, 0.15) is 11.5 Å². The number of benzene rings is 4. The van der Waals surface area contributed by atoms with E-state index < -0.39 is 20.0 Å². The molecule has 0 amide bonds. The summed E-state index contributed by atoms with van der Waals surface area (Å²) in [5.74, 6) is 2.00. The van der Waals surface area contributed by atoms with Crippen LogP contribution in [0, 0.1) is 6.92 Å². The van der Waals surface area contributed by atoms with Crippen molar-refractivity contribution in [2.45, 2.75) is 29.8 Å². The third kappa shape index (κ3) is 6.77. The fraction of sp³-hybridized carbons (Fsp3) is 0.195. The predicted octanol–water partition coefficient (Wildman–Crippen LogP) is 7.17. The van der Waals surface area contributed by atoms with Crippen LogP contribution in [0.2, 0.25) is 0 Å². The SMILES string of the molecule is COc1ccc(CN(Cc2ccnc3c2cc(-c2cn(C)c4cc(OC)c(OC)cc24)n3S(=O)(=O)c2ccc(C)cc2)S(=O)(=O)c2ccccc2)c(OC)c1. The standard InChI is InChI=1S/C41H40N4O8S2/c1-27-12-16-32(17-13-27)55(48,49)45-37(35-26-43(2)36-23-40(53-6)39(52-5)22-34(35)36)21-33-28(18-19-42-41(33)45)24-44(54(46,47)31-10-8-7-9-11-31)25-29-14-15-30(50-3)20-38(29)51-4/h7-23,26H,24-25H2,1-6H3. The van der Waals surface area contributed by atoms with Gasteiger partial charge in [0.05, 0.1) is 49.4 Å². The van der Waals surface area contributed by atoms with Crippen molar-refractivity contribution in [3.05, 3.63) is 126 Å². The highest BCUT2D eigenvalue weighted by Crippen LogP contribution is 2.41. The minimum absolute atomic E-state index is 0.0611. The van der Waals surface area contributed by atoms with E-state index in [4.69, 9.17) is 18.9 Å². The Morgan fingerprint density at radius 1 is 0.673 bits per heavy atom. The van der Waals surface area contributed by atoms with Gasteiger partial charge in [-0.2, -0.15) is 4.31 Å². The number of ether oxygens (including phenoxy) is 4. The molecule has 0 saturated heterocycles. The van der Waals surface area contributed by atoms with Crippen LogP contribution < -0.4 is 18.9 Å². The van der Waals surface area contributed by atoms with E-state index in [1.165, 1.54) is 28.7 Å². The zero-order valence-electron chi connectivity index (χ0n) is 31.2. The first kappa shape index (κ1) is 37.5. The van der Waals surface area contributed by atoms with Crippen LogP contribution >= 0.6 is 0 Å². The van der Waals surface area contributed by atoms with Gasteiger partial charge in [-0.25, -0.2) is 25.8 Å². The normalized spacial score (nSPS) is 12.1. The maximum Gasteiger partial charge on any atom is 0.269 e. The van der Waals surface area contributed by atoms with Crippen LogP contribution in [0.1, 0.15) is 16.7 Å². The zero-order chi connectivity index (χ0) is 39.1. The molecule has 0 fully saturated rings. The Morgan fingerprint density at radius 2 is 1.35 bits per heavy atom. The molecule has 7 rings (SSSR count). The number of hydrogen-bond donors (Lipinski definition) is 0. The quantitative estimate of drug-likeness (QED) is 0.120. The molecular formula is C41H40N4O8S2. The molecule has 3 aromatic heterocycles. The summed E-state index contributed by atoms with van der Waals surface area (Å²) in [6.07, 6.45) is 3.35. The first-order chi connectivity index (χ1) is 26.4. The lowest BCUT2D eigenvalue weighted by molar-refractivity contribution is 0.355. The number of sulfonamides is 1. The number of rotatable bonds is 13. The maximum atomic E-state index is 14.8. The van der Waals surface area contributed by atoms with Crippen LogP contribution in [-0.2, 0) is 40.2 Å². The van der Waals surface area contributed by atoms with Crippen molar-refractivity contribution in [2.24, 2.45) is 7.05 Å². The van der Waals surface area contributed by atoms with E-state index in [9.17, 15) is 16.8 Å². The van der Waals surface area contributed by atoms with Crippen LogP contribution in [-0.4, -0.2) is 63.1 Å². The Bertz CT molecular complexity index is 2760. The number of fused-ring (bicyclic) bond motifs is 2. The maximum absolute atomic E-state index is 14.8. The van der Waals surface area contributed by atoms with Crippen molar-refractivity contribution in [2.75, 3.05) is 28.4 Å². The molecule has 284 valence electrons. The van der Waals surface area contributed by atoms with Crippen molar-refractivity contribution in [3.63, 3.8) is 0 Å². The summed E-state index contributed by atoms with van der Waals surface area (Å²) in [4.78, 5) is 4.81. The summed E-state index contributed by atoms with van der Waals surface area (Å²) in [5, 5.41) is 1.17. The number of hydrogen-bond acceptors (Lipinski definition) is 9. The molecule has 0 aliphatic rings. The molecule has 0 unspecified atom stereocenters. The number of methoxy groups -OCH3 is 4. The molecular weight excluding hydrogens is 741 g/mol. The Kier molecular flexibility index (Phi) is 10.1. The molecule has 14 heteroatoms. The van der Waals surface area contributed by atoms with Gasteiger partial charge in [-0.1, -0.05) is 42.0 Å². The lowest BCUT2D eigenvalue weighted by Crippen LogP contribution is -2.30. The minimum atomic E-state index is -4.26. The molecule has 0 aliphatic carbocycles. The van der Waals surface area contributed by atoms with Crippen LogP contribution in [0.3, 0.4) is 0 Å². The number of aryl methyl sites for hydroxylation is 2. The molecule has 55 heavy (non-hydrogen) atoms. The van der Waals surface area contributed by atoms with Gasteiger partial charge in [0, 0.05) is 66.6 Å². The van der Waals surface area contributed by atoms with Crippen molar-refractivity contribution in [3.8, 4) is 34.3 Å². The van der Waals surface area contributed by atoms with Gasteiger partial charge in [0.25, 0.3) is 10.0 Å². The molecule has 0 aliphatic heterocycles. The number of nitrogens with zero attached hydrogens (tertiary/aromatic N) is 4. The molecule has 4 aromatic carbocycles. The molecule has 7 aromatic rings. The minimum Gasteiger partial charge on any atom is -0.497 e. The van der Waals surface area contributed by atoms with Crippen molar-refractivity contribution in [1.82, 2.24) is 17.8 Å². The summed E-state index contributed by atoms with van der Waals surface area (Å²) >= 11 is 0. The van der Waals surface area contributed by atoms with Gasteiger partial charge >= 0.3 is 0 Å². The number of aromatic nitrogens is 3. The Morgan fingerprint density at radius 3 is 2.02 bits per heavy atom. The fourth-order valence-electron chi connectivity index (χ4n) is 6.76. The Balaban J connectivity index is 1.47. The first-order valence-corrected chi connectivity index (χ1v) is 20.1. The van der Waals surface area contributed by atoms with Crippen LogP contribution in [0.15, 0.2) is 119 Å². The average Bonchev–Trinajstić information content (AvgIpc) is 3.75. The van der Waals surface area contributed by atoms with E-state index in [-0.39, 0.29) is 28.5 Å². The molecule has 3 heterocycles. The molecule has 0 radical (unpaired) electrons. The van der Waals surface area contributed by atoms with E-state index in [0.29, 0.717) is 56.2 Å².